The maximum absolute atomic E-state index is 5.93. The van der Waals surface area contributed by atoms with E-state index >= 15 is 0 Å². The van der Waals surface area contributed by atoms with Crippen LogP contribution in [0.4, 0.5) is 0 Å². The lowest BCUT2D eigenvalue weighted by atomic mass is 10.1. The van der Waals surface area contributed by atoms with E-state index in [1.165, 1.54) is 0 Å². The zero-order valence-corrected chi connectivity index (χ0v) is 13.9. The molecule has 0 aliphatic rings. The minimum absolute atomic E-state index is 0.0312. The summed E-state index contributed by atoms with van der Waals surface area (Å²) in [6.45, 7) is 8.14. The molecule has 1 unspecified atom stereocenters. The Bertz CT molecular complexity index is 547. The SMILES string of the molecule is CCCn1ncc(Br)c1C(NCC)c1ccc(CC)o1. The van der Waals surface area contributed by atoms with Gasteiger partial charge in [-0.2, -0.15) is 5.10 Å². The van der Waals surface area contributed by atoms with Gasteiger partial charge in [0.25, 0.3) is 0 Å². The molecule has 0 spiro atoms. The molecule has 1 N–H and O–H groups in total. The van der Waals surface area contributed by atoms with Gasteiger partial charge >= 0.3 is 0 Å². The van der Waals surface area contributed by atoms with E-state index in [1.807, 2.05) is 16.9 Å². The summed E-state index contributed by atoms with van der Waals surface area (Å²) in [5.74, 6) is 1.96. The number of nitrogens with zero attached hydrogens (tertiary/aromatic N) is 2. The number of hydrogen-bond donors (Lipinski definition) is 1. The summed E-state index contributed by atoms with van der Waals surface area (Å²) >= 11 is 3.61. The van der Waals surface area contributed by atoms with Crippen LogP contribution in [0.2, 0.25) is 0 Å². The molecule has 5 heteroatoms. The first-order chi connectivity index (χ1) is 9.71. The van der Waals surface area contributed by atoms with Crippen molar-refractivity contribution in [2.75, 3.05) is 6.54 Å². The molecule has 20 heavy (non-hydrogen) atoms. The lowest BCUT2D eigenvalue weighted by Gasteiger charge is -2.18. The maximum Gasteiger partial charge on any atom is 0.127 e. The molecule has 0 aliphatic heterocycles. The van der Waals surface area contributed by atoms with Crippen molar-refractivity contribution in [3.05, 3.63) is 40.0 Å². The van der Waals surface area contributed by atoms with E-state index in [4.69, 9.17) is 4.42 Å². The number of hydrogen-bond acceptors (Lipinski definition) is 3. The van der Waals surface area contributed by atoms with E-state index in [2.05, 4.69) is 53.2 Å². The fraction of sp³-hybridized carbons (Fsp3) is 0.533. The molecule has 2 heterocycles. The Kier molecular flexibility index (Phi) is 5.43. The average Bonchev–Trinajstić information content (AvgIpc) is 3.05. The molecule has 2 aromatic heterocycles. The van der Waals surface area contributed by atoms with Gasteiger partial charge in [0.05, 0.1) is 16.4 Å². The molecule has 0 amide bonds. The summed E-state index contributed by atoms with van der Waals surface area (Å²) < 4.78 is 9.00. The normalized spacial score (nSPS) is 12.8. The van der Waals surface area contributed by atoms with Gasteiger partial charge in [0.1, 0.15) is 17.6 Å². The Morgan fingerprint density at radius 2 is 2.15 bits per heavy atom. The number of rotatable bonds is 7. The van der Waals surface area contributed by atoms with E-state index < -0.39 is 0 Å². The fourth-order valence-electron chi connectivity index (χ4n) is 2.32. The number of aromatic nitrogens is 2. The standard InChI is InChI=1S/C15H22BrN3O/c1-4-9-19-15(12(16)10-18-19)14(17-6-3)13-8-7-11(5-2)20-13/h7-8,10,14,17H,4-6,9H2,1-3H3. The van der Waals surface area contributed by atoms with Gasteiger partial charge in [0.2, 0.25) is 0 Å². The molecule has 2 aromatic rings. The Hall–Kier alpha value is -1.07. The molecule has 0 radical (unpaired) electrons. The Morgan fingerprint density at radius 1 is 1.35 bits per heavy atom. The molecule has 2 rings (SSSR count). The number of aryl methyl sites for hydroxylation is 2. The first-order valence-electron chi connectivity index (χ1n) is 7.24. The zero-order chi connectivity index (χ0) is 14.5. The third kappa shape index (κ3) is 3.15. The van der Waals surface area contributed by atoms with Crippen LogP contribution in [0.1, 0.15) is 50.4 Å². The molecule has 0 aromatic carbocycles. The smallest absolute Gasteiger partial charge is 0.127 e. The highest BCUT2D eigenvalue weighted by Crippen LogP contribution is 2.30. The summed E-state index contributed by atoms with van der Waals surface area (Å²) in [7, 11) is 0. The van der Waals surface area contributed by atoms with Gasteiger partial charge in [-0.25, -0.2) is 0 Å². The van der Waals surface area contributed by atoms with Crippen molar-refractivity contribution in [3.63, 3.8) is 0 Å². The van der Waals surface area contributed by atoms with Crippen LogP contribution in [0.15, 0.2) is 27.2 Å². The van der Waals surface area contributed by atoms with Gasteiger partial charge in [0, 0.05) is 13.0 Å². The largest absolute Gasteiger partial charge is 0.464 e. The number of furan rings is 1. The van der Waals surface area contributed by atoms with Crippen LogP contribution in [0.5, 0.6) is 0 Å². The van der Waals surface area contributed by atoms with Crippen molar-refractivity contribution in [2.45, 2.75) is 46.2 Å². The lowest BCUT2D eigenvalue weighted by molar-refractivity contribution is 0.408. The Labute approximate surface area is 128 Å². The predicted molar refractivity (Wildman–Crippen MR) is 83.8 cm³/mol. The Morgan fingerprint density at radius 3 is 2.75 bits per heavy atom. The van der Waals surface area contributed by atoms with Crippen LogP contribution in [0.25, 0.3) is 0 Å². The summed E-state index contributed by atoms with van der Waals surface area (Å²) in [4.78, 5) is 0. The number of nitrogens with one attached hydrogen (secondary N) is 1. The summed E-state index contributed by atoms with van der Waals surface area (Å²) in [5.41, 5.74) is 1.13. The fourth-order valence-corrected chi connectivity index (χ4v) is 2.85. The molecule has 0 saturated carbocycles. The highest BCUT2D eigenvalue weighted by atomic mass is 79.9. The monoisotopic (exact) mass is 339 g/mol. The van der Waals surface area contributed by atoms with Gasteiger partial charge in [0.15, 0.2) is 0 Å². The molecule has 110 valence electrons. The van der Waals surface area contributed by atoms with Crippen molar-refractivity contribution in [3.8, 4) is 0 Å². The highest BCUT2D eigenvalue weighted by Gasteiger charge is 2.23. The van der Waals surface area contributed by atoms with Crippen molar-refractivity contribution in [2.24, 2.45) is 0 Å². The van der Waals surface area contributed by atoms with Gasteiger partial charge in [-0.3, -0.25) is 4.68 Å². The van der Waals surface area contributed by atoms with Crippen molar-refractivity contribution in [1.29, 1.82) is 0 Å². The molecule has 4 nitrogen and oxygen atoms in total. The highest BCUT2D eigenvalue weighted by molar-refractivity contribution is 9.10. The molecule has 1 atom stereocenters. The summed E-state index contributed by atoms with van der Waals surface area (Å²) in [5, 5.41) is 7.94. The third-order valence-electron chi connectivity index (χ3n) is 3.27. The van der Waals surface area contributed by atoms with E-state index in [-0.39, 0.29) is 6.04 Å². The topological polar surface area (TPSA) is 43.0 Å². The van der Waals surface area contributed by atoms with Gasteiger partial charge in [-0.15, -0.1) is 0 Å². The average molecular weight is 340 g/mol. The summed E-state index contributed by atoms with van der Waals surface area (Å²) in [6, 6.07) is 4.14. The predicted octanol–water partition coefficient (Wildman–Crippen LogP) is 3.91. The molecular formula is C15H22BrN3O. The van der Waals surface area contributed by atoms with Gasteiger partial charge < -0.3 is 9.73 Å². The minimum atomic E-state index is 0.0312. The zero-order valence-electron chi connectivity index (χ0n) is 12.3. The van der Waals surface area contributed by atoms with Crippen LogP contribution < -0.4 is 5.32 Å². The summed E-state index contributed by atoms with van der Waals surface area (Å²) in [6.07, 6.45) is 3.82. The quantitative estimate of drug-likeness (QED) is 0.831. The van der Waals surface area contributed by atoms with E-state index in [1.54, 1.807) is 0 Å². The van der Waals surface area contributed by atoms with Gasteiger partial charge in [-0.1, -0.05) is 20.8 Å². The minimum Gasteiger partial charge on any atom is -0.464 e. The maximum atomic E-state index is 5.93. The molecular weight excluding hydrogens is 318 g/mol. The molecule has 0 fully saturated rings. The second kappa shape index (κ2) is 7.09. The third-order valence-corrected chi connectivity index (χ3v) is 3.88. The lowest BCUT2D eigenvalue weighted by Crippen LogP contribution is -2.25. The first-order valence-corrected chi connectivity index (χ1v) is 8.03. The molecule has 0 bridgehead atoms. The first kappa shape index (κ1) is 15.3. The van der Waals surface area contributed by atoms with E-state index in [0.717, 1.165) is 47.6 Å². The van der Waals surface area contributed by atoms with E-state index in [9.17, 15) is 0 Å². The second-order valence-electron chi connectivity index (χ2n) is 4.75. The van der Waals surface area contributed by atoms with Crippen LogP contribution in [0.3, 0.4) is 0 Å². The number of halogens is 1. The second-order valence-corrected chi connectivity index (χ2v) is 5.60. The van der Waals surface area contributed by atoms with E-state index in [0.29, 0.717) is 0 Å². The van der Waals surface area contributed by atoms with Gasteiger partial charge in [-0.05, 0) is 41.0 Å². The Balaban J connectivity index is 2.39. The molecule has 0 saturated heterocycles. The van der Waals surface area contributed by atoms with Crippen LogP contribution in [0, 0.1) is 0 Å². The molecule has 0 aliphatic carbocycles. The van der Waals surface area contributed by atoms with Crippen molar-refractivity contribution < 1.29 is 4.42 Å². The van der Waals surface area contributed by atoms with Crippen molar-refractivity contribution in [1.82, 2.24) is 15.1 Å². The van der Waals surface area contributed by atoms with Crippen LogP contribution in [-0.4, -0.2) is 16.3 Å². The van der Waals surface area contributed by atoms with Crippen molar-refractivity contribution >= 4 is 15.9 Å². The van der Waals surface area contributed by atoms with Crippen LogP contribution in [-0.2, 0) is 13.0 Å². The van der Waals surface area contributed by atoms with Crippen LogP contribution >= 0.6 is 15.9 Å².